The third-order valence-electron chi connectivity index (χ3n) is 4.65. The highest BCUT2D eigenvalue weighted by Crippen LogP contribution is 2.47. The van der Waals surface area contributed by atoms with E-state index in [-0.39, 0.29) is 28.9 Å². The Labute approximate surface area is 118 Å². The normalized spacial score (nSPS) is 31.1. The zero-order chi connectivity index (χ0) is 15.1. The molecule has 0 aromatic heterocycles. The lowest BCUT2D eigenvalue weighted by Crippen LogP contribution is -2.41. The minimum atomic E-state index is -0.474. The Morgan fingerprint density at radius 2 is 2.10 bits per heavy atom. The van der Waals surface area contributed by atoms with Crippen LogP contribution in [0.15, 0.2) is 23.3 Å². The van der Waals surface area contributed by atoms with Crippen molar-refractivity contribution in [1.29, 1.82) is 0 Å². The predicted octanol–water partition coefficient (Wildman–Crippen LogP) is 2.24. The second-order valence-corrected chi connectivity index (χ2v) is 5.94. The van der Waals surface area contributed by atoms with Gasteiger partial charge >= 0.3 is 5.97 Å². The van der Waals surface area contributed by atoms with Gasteiger partial charge in [0.2, 0.25) is 0 Å². The minimum Gasteiger partial charge on any atom is -0.469 e. The fourth-order valence-electron chi connectivity index (χ4n) is 3.29. The third kappa shape index (κ3) is 2.13. The largest absolute Gasteiger partial charge is 0.469 e. The number of fused-ring (bicyclic) bond motifs is 1. The highest BCUT2D eigenvalue weighted by molar-refractivity contribution is 6.14. The van der Waals surface area contributed by atoms with Gasteiger partial charge in [0.05, 0.1) is 13.0 Å². The van der Waals surface area contributed by atoms with Crippen molar-refractivity contribution in [3.05, 3.63) is 23.3 Å². The molecule has 1 fully saturated rings. The van der Waals surface area contributed by atoms with E-state index in [1.807, 2.05) is 13.0 Å². The summed E-state index contributed by atoms with van der Waals surface area (Å²) in [6.45, 7) is 5.39. The molecule has 2 aliphatic rings. The van der Waals surface area contributed by atoms with Crippen molar-refractivity contribution in [2.24, 2.45) is 17.3 Å². The van der Waals surface area contributed by atoms with Gasteiger partial charge in [0.15, 0.2) is 11.6 Å². The zero-order valence-corrected chi connectivity index (χ0v) is 12.4. The van der Waals surface area contributed by atoms with Crippen LogP contribution in [0.3, 0.4) is 0 Å². The summed E-state index contributed by atoms with van der Waals surface area (Å²) in [5.74, 6) is -1.43. The van der Waals surface area contributed by atoms with Gasteiger partial charge in [-0.2, -0.15) is 0 Å². The Kier molecular flexibility index (Phi) is 3.67. The van der Waals surface area contributed by atoms with E-state index in [0.717, 1.165) is 6.42 Å². The number of esters is 1. The van der Waals surface area contributed by atoms with Crippen molar-refractivity contribution in [2.75, 3.05) is 7.11 Å². The fourth-order valence-corrected chi connectivity index (χ4v) is 3.29. The van der Waals surface area contributed by atoms with Gasteiger partial charge in [0.1, 0.15) is 0 Å². The van der Waals surface area contributed by atoms with Gasteiger partial charge in [-0.15, -0.1) is 0 Å². The van der Waals surface area contributed by atoms with Crippen LogP contribution < -0.4 is 0 Å². The standard InChI is InChI=1S/C16H20O4/c1-9(15(19)20-4)11-5-7-16(3)8-6-12(17)10(2)13(16)14(11)18/h6,8-9,11H,5,7H2,1-4H3/t9-,11+,16-/m1/s1. The van der Waals surface area contributed by atoms with E-state index in [4.69, 9.17) is 4.74 Å². The Bertz CT molecular complexity index is 541. The molecule has 1 saturated carbocycles. The molecule has 0 amide bonds. The van der Waals surface area contributed by atoms with E-state index in [1.165, 1.54) is 7.11 Å². The van der Waals surface area contributed by atoms with Crippen LogP contribution in [0, 0.1) is 17.3 Å². The van der Waals surface area contributed by atoms with E-state index >= 15 is 0 Å². The molecule has 0 unspecified atom stereocenters. The molecule has 0 heterocycles. The van der Waals surface area contributed by atoms with E-state index in [9.17, 15) is 14.4 Å². The van der Waals surface area contributed by atoms with Gasteiger partial charge < -0.3 is 4.74 Å². The van der Waals surface area contributed by atoms with Crippen LogP contribution in [0.4, 0.5) is 0 Å². The minimum absolute atomic E-state index is 0.0770. The maximum absolute atomic E-state index is 12.7. The molecule has 0 bridgehead atoms. The molecule has 0 N–H and O–H groups in total. The van der Waals surface area contributed by atoms with Crippen LogP contribution in [0.2, 0.25) is 0 Å². The highest BCUT2D eigenvalue weighted by atomic mass is 16.5. The van der Waals surface area contributed by atoms with Crippen LogP contribution >= 0.6 is 0 Å². The number of ketones is 2. The van der Waals surface area contributed by atoms with Gasteiger partial charge in [0.25, 0.3) is 0 Å². The van der Waals surface area contributed by atoms with E-state index < -0.39 is 5.92 Å². The molecule has 0 aromatic carbocycles. The second-order valence-electron chi connectivity index (χ2n) is 5.94. The number of hydrogen-bond acceptors (Lipinski definition) is 4. The Hall–Kier alpha value is -1.71. The number of hydrogen-bond donors (Lipinski definition) is 0. The molecule has 0 spiro atoms. The molecule has 4 heteroatoms. The molecule has 0 aliphatic heterocycles. The maximum Gasteiger partial charge on any atom is 0.309 e. The average molecular weight is 276 g/mol. The molecule has 20 heavy (non-hydrogen) atoms. The number of ether oxygens (including phenoxy) is 1. The summed E-state index contributed by atoms with van der Waals surface area (Å²) >= 11 is 0. The van der Waals surface area contributed by atoms with E-state index in [0.29, 0.717) is 17.6 Å². The molecule has 0 saturated heterocycles. The lowest BCUT2D eigenvalue weighted by atomic mass is 9.61. The number of rotatable bonds is 2. The SMILES string of the molecule is COC(=O)[C@H](C)[C@@H]1CC[C@]2(C)C=CC(=O)C(C)=C2C1=O. The summed E-state index contributed by atoms with van der Waals surface area (Å²) in [4.78, 5) is 36.2. The number of carbonyl (C=O) groups excluding carboxylic acids is 3. The van der Waals surface area contributed by atoms with Gasteiger partial charge in [-0.3, -0.25) is 14.4 Å². The Morgan fingerprint density at radius 1 is 1.45 bits per heavy atom. The summed E-state index contributed by atoms with van der Waals surface area (Å²) in [5.41, 5.74) is 0.722. The molecule has 4 nitrogen and oxygen atoms in total. The quantitative estimate of drug-likeness (QED) is 0.726. The molecule has 0 radical (unpaired) electrons. The molecule has 3 atom stereocenters. The summed E-state index contributed by atoms with van der Waals surface area (Å²) in [5, 5.41) is 0. The van der Waals surface area contributed by atoms with Crippen molar-refractivity contribution in [3.8, 4) is 0 Å². The van der Waals surface area contributed by atoms with Gasteiger partial charge in [-0.1, -0.05) is 19.9 Å². The van der Waals surface area contributed by atoms with Crippen LogP contribution in [0.5, 0.6) is 0 Å². The number of allylic oxidation sites excluding steroid dienone is 4. The smallest absolute Gasteiger partial charge is 0.309 e. The van der Waals surface area contributed by atoms with E-state index in [1.54, 1.807) is 19.9 Å². The lowest BCUT2D eigenvalue weighted by molar-refractivity contribution is -0.149. The summed E-state index contributed by atoms with van der Waals surface area (Å²) in [6.07, 6.45) is 4.78. The predicted molar refractivity (Wildman–Crippen MR) is 73.9 cm³/mol. The summed E-state index contributed by atoms with van der Waals surface area (Å²) in [6, 6.07) is 0. The monoisotopic (exact) mass is 276 g/mol. The average Bonchev–Trinajstić information content (AvgIpc) is 2.42. The molecule has 108 valence electrons. The van der Waals surface area contributed by atoms with Crippen molar-refractivity contribution in [1.82, 2.24) is 0 Å². The molecule has 0 aromatic rings. The van der Waals surface area contributed by atoms with Crippen LogP contribution in [-0.2, 0) is 19.1 Å². The third-order valence-corrected chi connectivity index (χ3v) is 4.65. The molecule has 2 aliphatic carbocycles. The summed E-state index contributed by atoms with van der Waals surface area (Å²) < 4.78 is 4.73. The Balaban J connectivity index is 2.39. The van der Waals surface area contributed by atoms with E-state index in [2.05, 4.69) is 0 Å². The van der Waals surface area contributed by atoms with Gasteiger partial charge in [-0.25, -0.2) is 0 Å². The van der Waals surface area contributed by atoms with Gasteiger partial charge in [0, 0.05) is 22.5 Å². The Morgan fingerprint density at radius 3 is 2.70 bits per heavy atom. The van der Waals surface area contributed by atoms with Crippen LogP contribution in [0.25, 0.3) is 0 Å². The molecule has 2 rings (SSSR count). The van der Waals surface area contributed by atoms with Crippen molar-refractivity contribution in [3.63, 3.8) is 0 Å². The topological polar surface area (TPSA) is 60.4 Å². The van der Waals surface area contributed by atoms with Crippen molar-refractivity contribution in [2.45, 2.75) is 33.6 Å². The number of methoxy groups -OCH3 is 1. The first kappa shape index (κ1) is 14.7. The molecular weight excluding hydrogens is 256 g/mol. The van der Waals surface area contributed by atoms with Crippen molar-refractivity contribution >= 4 is 17.5 Å². The van der Waals surface area contributed by atoms with Crippen LogP contribution in [-0.4, -0.2) is 24.6 Å². The first-order chi connectivity index (χ1) is 9.31. The van der Waals surface area contributed by atoms with Crippen LogP contribution in [0.1, 0.15) is 33.6 Å². The maximum atomic E-state index is 12.7. The zero-order valence-electron chi connectivity index (χ0n) is 12.4. The number of carbonyl (C=O) groups is 3. The first-order valence-electron chi connectivity index (χ1n) is 6.89. The molecular formula is C16H20O4. The second kappa shape index (κ2) is 5.00. The highest BCUT2D eigenvalue weighted by Gasteiger charge is 2.46. The van der Waals surface area contributed by atoms with Gasteiger partial charge in [-0.05, 0) is 25.8 Å². The first-order valence-corrected chi connectivity index (χ1v) is 6.89. The fraction of sp³-hybridized carbons (Fsp3) is 0.562. The summed E-state index contributed by atoms with van der Waals surface area (Å²) in [7, 11) is 1.33. The number of Topliss-reactive ketones (excluding diaryl/α,β-unsaturated/α-hetero) is 1. The lowest BCUT2D eigenvalue weighted by Gasteiger charge is -2.40. The van der Waals surface area contributed by atoms with Crippen molar-refractivity contribution < 1.29 is 19.1 Å².